The second kappa shape index (κ2) is 6.53. The van der Waals surface area contributed by atoms with E-state index in [9.17, 15) is 9.59 Å². The first-order valence-electron chi connectivity index (χ1n) is 9.10. The van der Waals surface area contributed by atoms with Gasteiger partial charge in [0.25, 0.3) is 0 Å². The predicted octanol–water partition coefficient (Wildman–Crippen LogP) is 4.06. The molecule has 2 aromatic heterocycles. The van der Waals surface area contributed by atoms with E-state index in [1.807, 2.05) is 36.4 Å². The van der Waals surface area contributed by atoms with Gasteiger partial charge in [-0.15, -0.1) is 4.58 Å². The van der Waals surface area contributed by atoms with Crippen molar-refractivity contribution in [2.45, 2.75) is 6.10 Å². The second-order valence-corrected chi connectivity index (χ2v) is 6.79. The number of aromatic amines is 1. The van der Waals surface area contributed by atoms with Crippen LogP contribution in [0.1, 0.15) is 32.4 Å². The zero-order valence-electron chi connectivity index (χ0n) is 15.3. The Hall–Kier alpha value is -4.06. The first kappa shape index (κ1) is 17.1. The Morgan fingerprint density at radius 2 is 1.93 bits per heavy atom. The fourth-order valence-corrected chi connectivity index (χ4v) is 3.56. The van der Waals surface area contributed by atoms with Gasteiger partial charge in [0.1, 0.15) is 18.1 Å². The minimum Gasteiger partial charge on any atom is -0.477 e. The molecule has 0 spiro atoms. The predicted molar refractivity (Wildman–Crippen MR) is 108 cm³/mol. The molecule has 0 aliphatic carbocycles. The third-order valence-electron chi connectivity index (χ3n) is 5.04. The Bertz CT molecular complexity index is 1290. The highest BCUT2D eigenvalue weighted by Crippen LogP contribution is 2.37. The van der Waals surface area contributed by atoms with E-state index in [0.717, 1.165) is 10.9 Å². The fraction of sp³-hybridized carbons (Fsp3) is 0.0435. The Morgan fingerprint density at radius 3 is 2.76 bits per heavy atom. The first-order chi connectivity index (χ1) is 14.1. The number of nitrogens with zero attached hydrogens (tertiary/aromatic N) is 2. The summed E-state index contributed by atoms with van der Waals surface area (Å²) in [5, 5.41) is 0.792. The number of pyridine rings is 1. The molecule has 6 nitrogen and oxygen atoms in total. The van der Waals surface area contributed by atoms with Crippen LogP contribution in [0.5, 0.6) is 5.75 Å². The van der Waals surface area contributed by atoms with E-state index in [2.05, 4.69) is 16.7 Å². The molecule has 0 saturated carbocycles. The molecular formula is C23H16N3O3+. The summed E-state index contributed by atoms with van der Waals surface area (Å²) in [5.74, 6) is -0.00594. The lowest BCUT2D eigenvalue weighted by Crippen LogP contribution is -2.15. The van der Waals surface area contributed by atoms with Crippen molar-refractivity contribution in [3.05, 3.63) is 89.7 Å². The minimum atomic E-state index is -0.688. The molecule has 1 N–H and O–H groups in total. The standard InChI is InChI=1S/C23H16N3O3/c1-26(18-13-25-22-16(18)8-5-11-24-22)23(28)15-9-10-19-17(12-15)20(27)21(29-19)14-6-3-2-4-7-14/h2-13,21H,1H2,(H,24,25)/q+1. The van der Waals surface area contributed by atoms with Gasteiger partial charge in [-0.05, 0) is 30.3 Å². The normalized spacial score (nSPS) is 15.2. The van der Waals surface area contributed by atoms with Gasteiger partial charge in [0.05, 0.1) is 22.7 Å². The van der Waals surface area contributed by atoms with Gasteiger partial charge in [0, 0.05) is 11.8 Å². The van der Waals surface area contributed by atoms with Gasteiger partial charge in [0.2, 0.25) is 11.5 Å². The number of hydrogen-bond donors (Lipinski definition) is 1. The molecule has 1 amide bonds. The highest BCUT2D eigenvalue weighted by molar-refractivity contribution is 6.07. The molecule has 1 aliphatic rings. The Kier molecular flexibility index (Phi) is 3.84. The summed E-state index contributed by atoms with van der Waals surface area (Å²) in [6, 6.07) is 17.9. The van der Waals surface area contributed by atoms with Crippen LogP contribution in [0.15, 0.2) is 73.1 Å². The van der Waals surface area contributed by atoms with Gasteiger partial charge in [0.15, 0.2) is 6.10 Å². The third kappa shape index (κ3) is 2.73. The quantitative estimate of drug-likeness (QED) is 0.428. The summed E-state index contributed by atoms with van der Waals surface area (Å²) < 4.78 is 7.13. The topological polar surface area (TPSA) is 75.1 Å². The number of hydrogen-bond acceptors (Lipinski definition) is 4. The van der Waals surface area contributed by atoms with Crippen LogP contribution in [0.25, 0.3) is 11.0 Å². The van der Waals surface area contributed by atoms with Gasteiger partial charge < -0.3 is 9.72 Å². The molecule has 2 aromatic carbocycles. The molecular weight excluding hydrogens is 366 g/mol. The van der Waals surface area contributed by atoms with Crippen molar-refractivity contribution in [3.8, 4) is 5.75 Å². The van der Waals surface area contributed by atoms with Crippen LogP contribution in [0, 0.1) is 0 Å². The molecule has 5 rings (SSSR count). The van der Waals surface area contributed by atoms with Gasteiger partial charge in [-0.25, -0.2) is 9.78 Å². The number of ketones is 1. The van der Waals surface area contributed by atoms with E-state index in [1.165, 1.54) is 4.58 Å². The number of carbonyl (C=O) groups excluding carboxylic acids is 2. The molecule has 0 radical (unpaired) electrons. The summed E-state index contributed by atoms with van der Waals surface area (Å²) in [5.41, 5.74) is 2.84. The number of aromatic nitrogens is 2. The largest absolute Gasteiger partial charge is 0.477 e. The molecule has 0 saturated heterocycles. The van der Waals surface area contributed by atoms with Crippen molar-refractivity contribution in [2.24, 2.45) is 0 Å². The van der Waals surface area contributed by atoms with Crippen LogP contribution in [-0.2, 0) is 0 Å². The lowest BCUT2D eigenvalue weighted by Gasteiger charge is -2.08. The first-order valence-corrected chi connectivity index (χ1v) is 9.10. The molecule has 1 unspecified atom stereocenters. The van der Waals surface area contributed by atoms with Gasteiger partial charge in [-0.1, -0.05) is 30.3 Å². The number of rotatable bonds is 3. The van der Waals surface area contributed by atoms with Crippen molar-refractivity contribution in [1.82, 2.24) is 9.97 Å². The highest BCUT2D eigenvalue weighted by atomic mass is 16.5. The molecule has 29 heavy (non-hydrogen) atoms. The zero-order valence-corrected chi connectivity index (χ0v) is 15.3. The van der Waals surface area contributed by atoms with Crippen molar-refractivity contribution in [1.29, 1.82) is 0 Å². The average Bonchev–Trinajstić information content (AvgIpc) is 3.34. The Labute approximate surface area is 166 Å². The number of H-pyrrole nitrogens is 1. The molecule has 4 aromatic rings. The van der Waals surface area contributed by atoms with Gasteiger partial charge >= 0.3 is 5.91 Å². The van der Waals surface area contributed by atoms with Crippen LogP contribution in [0.4, 0.5) is 5.69 Å². The summed E-state index contributed by atoms with van der Waals surface area (Å²) >= 11 is 0. The van der Waals surface area contributed by atoms with Crippen LogP contribution >= 0.6 is 0 Å². The van der Waals surface area contributed by atoms with E-state index in [-0.39, 0.29) is 11.7 Å². The highest BCUT2D eigenvalue weighted by Gasteiger charge is 2.35. The van der Waals surface area contributed by atoms with Crippen LogP contribution < -0.4 is 4.74 Å². The number of benzene rings is 2. The maximum absolute atomic E-state index is 13.0. The van der Waals surface area contributed by atoms with E-state index < -0.39 is 6.10 Å². The maximum atomic E-state index is 13.0. The van der Waals surface area contributed by atoms with Crippen molar-refractivity contribution < 1.29 is 18.9 Å². The number of fused-ring (bicyclic) bond motifs is 2. The molecule has 1 atom stereocenters. The SMILES string of the molecule is C=[N+](C(=O)c1ccc2c(c1)C(=O)C(c1ccccc1)O2)c1c[nH]c2ncccc12. The van der Waals surface area contributed by atoms with E-state index in [4.69, 9.17) is 4.74 Å². The lowest BCUT2D eigenvalue weighted by molar-refractivity contribution is -0.323. The lowest BCUT2D eigenvalue weighted by atomic mass is 10.0. The minimum absolute atomic E-state index is 0.159. The zero-order chi connectivity index (χ0) is 20.0. The van der Waals surface area contributed by atoms with Crippen LogP contribution in [-0.4, -0.2) is 33.0 Å². The smallest absolute Gasteiger partial charge is 0.424 e. The van der Waals surface area contributed by atoms with E-state index in [1.54, 1.807) is 36.7 Å². The van der Waals surface area contributed by atoms with Crippen molar-refractivity contribution >= 4 is 35.1 Å². The number of amides is 1. The molecule has 140 valence electrons. The van der Waals surface area contributed by atoms with Crippen molar-refractivity contribution in [2.75, 3.05) is 0 Å². The van der Waals surface area contributed by atoms with Gasteiger partial charge in [-0.2, -0.15) is 0 Å². The van der Waals surface area contributed by atoms with E-state index >= 15 is 0 Å². The fourth-order valence-electron chi connectivity index (χ4n) is 3.56. The second-order valence-electron chi connectivity index (χ2n) is 6.79. The maximum Gasteiger partial charge on any atom is 0.424 e. The Morgan fingerprint density at radius 1 is 1.10 bits per heavy atom. The average molecular weight is 382 g/mol. The molecule has 6 heteroatoms. The van der Waals surface area contributed by atoms with Crippen molar-refractivity contribution in [3.63, 3.8) is 0 Å². The molecule has 0 fully saturated rings. The summed E-state index contributed by atoms with van der Waals surface area (Å²) in [4.78, 5) is 33.1. The molecule has 1 aliphatic heterocycles. The number of carbonyl (C=O) groups is 2. The number of Topliss-reactive ketones (excluding diaryl/α,β-unsaturated/α-hetero) is 1. The summed E-state index contributed by atoms with van der Waals surface area (Å²) in [6.07, 6.45) is 2.68. The van der Waals surface area contributed by atoms with Crippen LogP contribution in [0.3, 0.4) is 0 Å². The Balaban J connectivity index is 1.47. The number of nitrogens with one attached hydrogen (secondary N) is 1. The number of ether oxygens (including phenoxy) is 1. The molecule has 0 bridgehead atoms. The van der Waals surface area contributed by atoms with Gasteiger partial charge in [-0.3, -0.25) is 4.79 Å². The monoisotopic (exact) mass is 382 g/mol. The summed E-state index contributed by atoms with van der Waals surface area (Å²) in [6.45, 7) is 3.90. The third-order valence-corrected chi connectivity index (χ3v) is 5.04. The van der Waals surface area contributed by atoms with Crippen LogP contribution in [0.2, 0.25) is 0 Å². The van der Waals surface area contributed by atoms with E-state index in [0.29, 0.717) is 28.2 Å². The summed E-state index contributed by atoms with van der Waals surface area (Å²) in [7, 11) is 0. The molecule has 3 heterocycles.